The lowest BCUT2D eigenvalue weighted by Crippen LogP contribution is -1.94. The largest absolute Gasteiger partial charge is 0.566 e. The second-order valence-corrected chi connectivity index (χ2v) is 4.48. The molecule has 0 rings (SSSR count). The van der Waals surface area contributed by atoms with E-state index in [-0.39, 0.29) is 0 Å². The van der Waals surface area contributed by atoms with Crippen LogP contribution in [0, 0.1) is 0 Å². The normalized spacial score (nSPS) is 13.5. The molecule has 0 spiro atoms. The minimum Gasteiger partial charge on any atom is -0.566 e. The molecule has 8 heavy (non-hydrogen) atoms. The van der Waals surface area contributed by atoms with E-state index in [0.717, 1.165) is 0 Å². The molecule has 0 aromatic rings. The van der Waals surface area contributed by atoms with Crippen molar-refractivity contribution >= 4 is 15.3 Å². The van der Waals surface area contributed by atoms with Crippen LogP contribution in [-0.4, -0.2) is 14.2 Å². The number of rotatable bonds is 2. The Morgan fingerprint density at radius 2 is 1.25 bits per heavy atom. The lowest BCUT2D eigenvalue weighted by Gasteiger charge is -1.86. The second-order valence-electron chi connectivity index (χ2n) is 0.841. The summed E-state index contributed by atoms with van der Waals surface area (Å²) in [7, 11) is -1.78. The van der Waals surface area contributed by atoms with Crippen molar-refractivity contribution < 1.29 is 18.8 Å². The van der Waals surface area contributed by atoms with Crippen LogP contribution in [0.5, 0.6) is 0 Å². The smallest absolute Gasteiger partial charge is 0.449 e. The summed E-state index contributed by atoms with van der Waals surface area (Å²) in [4.78, 5) is 20.5. The van der Waals surface area contributed by atoms with Crippen molar-refractivity contribution in [2.45, 2.75) is 0 Å². The van der Waals surface area contributed by atoms with Crippen molar-refractivity contribution in [3.8, 4) is 0 Å². The van der Waals surface area contributed by atoms with Gasteiger partial charge in [-0.1, -0.05) is 0 Å². The molecule has 0 bridgehead atoms. The van der Waals surface area contributed by atoms with Crippen LogP contribution in [0.3, 0.4) is 0 Å². The van der Waals surface area contributed by atoms with Gasteiger partial charge in [-0.2, -0.15) is 9.05 Å². The number of hydrogen-bond acceptors (Lipinski definition) is 4. The summed E-state index contributed by atoms with van der Waals surface area (Å²) in [5.41, 5.74) is 0. The first kappa shape index (κ1) is 8.44. The highest BCUT2D eigenvalue weighted by Crippen LogP contribution is 2.35. The minimum absolute atomic E-state index is 1.21. The molecule has 0 aromatic heterocycles. The van der Waals surface area contributed by atoms with Crippen LogP contribution in [-0.2, 0) is 9.05 Å². The zero-order valence-corrected chi connectivity index (χ0v) is 6.32. The van der Waals surface area contributed by atoms with Crippen LogP contribution in [0.4, 0.5) is 0 Å². The monoisotopic (exact) mass is 156 g/mol. The molecule has 0 heterocycles. The molecule has 6 heteroatoms. The van der Waals surface area contributed by atoms with Gasteiger partial charge in [0.2, 0.25) is 0 Å². The molecule has 0 radical (unpaired) electrons. The topological polar surface area (TPSA) is 64.6 Å². The van der Waals surface area contributed by atoms with Gasteiger partial charge in [0.05, 0.1) is 14.2 Å². The highest BCUT2D eigenvalue weighted by Gasteiger charge is 2.10. The van der Waals surface area contributed by atoms with Gasteiger partial charge in [-0.05, 0) is 0 Å². The Balaban J connectivity index is 3.83. The van der Waals surface area contributed by atoms with Crippen molar-refractivity contribution in [1.82, 2.24) is 0 Å². The van der Waals surface area contributed by atoms with Crippen molar-refractivity contribution in [3.63, 3.8) is 0 Å². The summed E-state index contributed by atoms with van der Waals surface area (Å²) in [6.07, 6.45) is 0. The lowest BCUT2D eigenvalue weighted by molar-refractivity contribution is -0.188. The molecule has 0 amide bonds. The van der Waals surface area contributed by atoms with Gasteiger partial charge in [0, 0.05) is 0 Å². The SMILES string of the molecule is CO/[P+]([O-])=[P+](\[O-])OC. The number of hydrogen-bond donors (Lipinski definition) is 0. The van der Waals surface area contributed by atoms with E-state index in [2.05, 4.69) is 9.05 Å². The molecule has 0 aliphatic carbocycles. The highest BCUT2D eigenvalue weighted by molar-refractivity contribution is 7.91. The fourth-order valence-corrected chi connectivity index (χ4v) is 1.20. The standard InChI is InChI=1S/C2H6O4P2/c1-5-7(3)8(4)6-2/h1-2H3. The predicted octanol–water partition coefficient (Wildman–Crippen LogP) is -0.461. The van der Waals surface area contributed by atoms with E-state index in [1.54, 1.807) is 0 Å². The van der Waals surface area contributed by atoms with Gasteiger partial charge in [0.1, 0.15) is 0 Å². The van der Waals surface area contributed by atoms with Gasteiger partial charge in [0.25, 0.3) is 0 Å². The van der Waals surface area contributed by atoms with Crippen molar-refractivity contribution in [3.05, 3.63) is 0 Å². The molecular formula is C2H6O4P2. The van der Waals surface area contributed by atoms with Crippen LogP contribution in [0.2, 0.25) is 0 Å². The van der Waals surface area contributed by atoms with E-state index in [9.17, 15) is 9.79 Å². The van der Waals surface area contributed by atoms with Gasteiger partial charge < -0.3 is 9.79 Å². The first-order valence-corrected chi connectivity index (χ1v) is 4.81. The Kier molecular flexibility index (Phi) is 4.57. The second kappa shape index (κ2) is 4.33. The van der Waals surface area contributed by atoms with Crippen molar-refractivity contribution in [2.75, 3.05) is 14.2 Å². The van der Waals surface area contributed by atoms with Gasteiger partial charge in [-0.15, -0.1) is 0 Å². The molecule has 0 N–H and O–H groups in total. The maximum Gasteiger partial charge on any atom is 0.449 e. The molecule has 0 saturated heterocycles. The lowest BCUT2D eigenvalue weighted by atomic mass is 11.8. The average Bonchev–Trinajstić information content (AvgIpc) is 1.84. The fraction of sp³-hybridized carbons (Fsp3) is 1.00. The third-order valence-corrected chi connectivity index (χ3v) is 3.12. The first-order valence-electron chi connectivity index (χ1n) is 1.75. The summed E-state index contributed by atoms with van der Waals surface area (Å²) in [5, 5.41) is 0. The Morgan fingerprint density at radius 3 is 1.38 bits per heavy atom. The van der Waals surface area contributed by atoms with Crippen molar-refractivity contribution in [2.24, 2.45) is 0 Å². The third-order valence-electron chi connectivity index (χ3n) is 0.446. The molecule has 4 nitrogen and oxygen atoms in total. The molecule has 2 atom stereocenters. The molecule has 48 valence electrons. The van der Waals surface area contributed by atoms with Crippen molar-refractivity contribution in [1.29, 1.82) is 0 Å². The molecular weight excluding hydrogens is 150 g/mol. The fourth-order valence-electron chi connectivity index (χ4n) is 0.133. The summed E-state index contributed by atoms with van der Waals surface area (Å²) in [5.74, 6) is 0. The maximum atomic E-state index is 10.3. The quantitative estimate of drug-likeness (QED) is 0.507. The van der Waals surface area contributed by atoms with Crippen LogP contribution >= 0.6 is 15.3 Å². The molecule has 0 fully saturated rings. The minimum atomic E-state index is -2.10. The summed E-state index contributed by atoms with van der Waals surface area (Å²) < 4.78 is 8.41. The Bertz CT molecular complexity index is 88.2. The summed E-state index contributed by atoms with van der Waals surface area (Å²) in [6, 6.07) is 0. The van der Waals surface area contributed by atoms with Crippen LogP contribution in [0.15, 0.2) is 0 Å². The first-order chi connectivity index (χ1) is 3.72. The third kappa shape index (κ3) is 2.68. The van der Waals surface area contributed by atoms with Gasteiger partial charge in [-0.25, -0.2) is 0 Å². The van der Waals surface area contributed by atoms with Crippen LogP contribution in [0.1, 0.15) is 0 Å². The Labute approximate surface area is 49.4 Å². The van der Waals surface area contributed by atoms with Gasteiger partial charge in [0.15, 0.2) is 0 Å². The predicted molar refractivity (Wildman–Crippen MR) is 27.9 cm³/mol. The molecule has 0 saturated carbocycles. The van der Waals surface area contributed by atoms with Gasteiger partial charge >= 0.3 is 15.3 Å². The van der Waals surface area contributed by atoms with E-state index in [1.807, 2.05) is 0 Å². The van der Waals surface area contributed by atoms with E-state index in [1.165, 1.54) is 14.2 Å². The van der Waals surface area contributed by atoms with E-state index < -0.39 is 15.3 Å². The van der Waals surface area contributed by atoms with E-state index >= 15 is 0 Å². The Morgan fingerprint density at radius 1 is 1.00 bits per heavy atom. The molecule has 2 unspecified atom stereocenters. The average molecular weight is 156 g/mol. The molecule has 0 aromatic carbocycles. The highest BCUT2D eigenvalue weighted by atomic mass is 31.8. The van der Waals surface area contributed by atoms with E-state index in [4.69, 9.17) is 0 Å². The zero-order chi connectivity index (χ0) is 6.57. The summed E-state index contributed by atoms with van der Waals surface area (Å²) in [6.45, 7) is 0. The maximum absolute atomic E-state index is 10.3. The van der Waals surface area contributed by atoms with Gasteiger partial charge in [-0.3, -0.25) is 0 Å². The van der Waals surface area contributed by atoms with Crippen LogP contribution in [0.25, 0.3) is 0 Å². The summed E-state index contributed by atoms with van der Waals surface area (Å²) >= 11 is 0. The zero-order valence-electron chi connectivity index (χ0n) is 4.53. The molecule has 0 aliphatic heterocycles. The molecule has 0 aliphatic rings. The Hall–Kier alpha value is 0.440. The van der Waals surface area contributed by atoms with E-state index in [0.29, 0.717) is 0 Å². The van der Waals surface area contributed by atoms with Crippen LogP contribution < -0.4 is 9.79 Å².